The smallest absolute Gasteiger partial charge is 0.293 e. The minimum Gasteiger partial charge on any atom is -0.502 e. The number of H-pyrrole nitrogens is 1. The largest absolute Gasteiger partial charge is 0.502 e. The van der Waals surface area contributed by atoms with Crippen LogP contribution in [0.2, 0.25) is 0 Å². The molecule has 2 heterocycles. The maximum atomic E-state index is 14.8. The molecule has 6 nitrogen and oxygen atoms in total. The summed E-state index contributed by atoms with van der Waals surface area (Å²) in [5.74, 6) is 5.13. The third-order valence-corrected chi connectivity index (χ3v) is 6.22. The van der Waals surface area contributed by atoms with Crippen LogP contribution >= 0.6 is 0 Å². The summed E-state index contributed by atoms with van der Waals surface area (Å²) < 4.78 is 14.8. The molecule has 0 spiro atoms. The van der Waals surface area contributed by atoms with Crippen molar-refractivity contribution >= 4 is 0 Å². The lowest BCUT2D eigenvalue weighted by molar-refractivity contribution is 0.260. The fraction of sp³-hybridized carbons (Fsp3) is 0.333. The van der Waals surface area contributed by atoms with Gasteiger partial charge in [0.15, 0.2) is 0 Å². The summed E-state index contributed by atoms with van der Waals surface area (Å²) in [7, 11) is 0. The topological polar surface area (TPSA) is 89.5 Å². The Morgan fingerprint density at radius 3 is 2.62 bits per heavy atom. The summed E-state index contributed by atoms with van der Waals surface area (Å²) >= 11 is 0. The van der Waals surface area contributed by atoms with E-state index in [1.807, 2.05) is 12.1 Å². The van der Waals surface area contributed by atoms with Gasteiger partial charge in [0.1, 0.15) is 5.82 Å². The van der Waals surface area contributed by atoms with Crippen molar-refractivity contribution < 1.29 is 14.6 Å². The van der Waals surface area contributed by atoms with E-state index in [1.165, 1.54) is 24.4 Å². The summed E-state index contributed by atoms with van der Waals surface area (Å²) in [6, 6.07) is 12.7. The van der Waals surface area contributed by atoms with E-state index in [4.69, 9.17) is 0 Å². The molecule has 1 fully saturated rings. The van der Waals surface area contributed by atoms with Crippen molar-refractivity contribution in [1.82, 2.24) is 14.9 Å². The van der Waals surface area contributed by atoms with Crippen molar-refractivity contribution in [3.05, 3.63) is 92.9 Å². The summed E-state index contributed by atoms with van der Waals surface area (Å²) in [5.41, 5.74) is 2.33. The fourth-order valence-electron chi connectivity index (χ4n) is 4.29. The molecule has 3 aromatic rings. The Balaban J connectivity index is 1.44. The Kier molecular flexibility index (Phi) is 7.41. The monoisotopic (exact) mass is 461 g/mol. The molecule has 2 atom stereocenters. The van der Waals surface area contributed by atoms with E-state index in [0.717, 1.165) is 31.1 Å². The van der Waals surface area contributed by atoms with Crippen molar-refractivity contribution in [3.63, 3.8) is 0 Å². The molecule has 0 bridgehead atoms. The zero-order valence-corrected chi connectivity index (χ0v) is 19.1. The minimum atomic E-state index is -0.675. The van der Waals surface area contributed by atoms with Crippen molar-refractivity contribution in [1.29, 1.82) is 0 Å². The van der Waals surface area contributed by atoms with Gasteiger partial charge < -0.3 is 15.2 Å². The molecule has 34 heavy (non-hydrogen) atoms. The number of aromatic amines is 1. The third kappa shape index (κ3) is 5.71. The van der Waals surface area contributed by atoms with Crippen LogP contribution in [-0.4, -0.2) is 44.8 Å². The van der Waals surface area contributed by atoms with Crippen molar-refractivity contribution in [2.75, 3.05) is 19.7 Å². The maximum absolute atomic E-state index is 14.8. The highest BCUT2D eigenvalue weighted by Gasteiger charge is 2.20. The van der Waals surface area contributed by atoms with Gasteiger partial charge in [0.2, 0.25) is 5.75 Å². The normalized spacial score (nSPS) is 16.7. The van der Waals surface area contributed by atoms with Crippen LogP contribution in [-0.2, 0) is 13.0 Å². The fourth-order valence-corrected chi connectivity index (χ4v) is 4.29. The summed E-state index contributed by atoms with van der Waals surface area (Å²) in [4.78, 5) is 20.2. The van der Waals surface area contributed by atoms with Gasteiger partial charge in [-0.1, -0.05) is 37.0 Å². The number of hydrogen-bond donors (Lipinski definition) is 3. The molecule has 0 radical (unpaired) electrons. The van der Waals surface area contributed by atoms with Gasteiger partial charge in [0, 0.05) is 36.6 Å². The number of aliphatic hydroxyl groups is 1. The summed E-state index contributed by atoms with van der Waals surface area (Å²) in [5, 5.41) is 19.7. The number of rotatable bonds is 6. The van der Waals surface area contributed by atoms with Gasteiger partial charge in [-0.15, -0.1) is 0 Å². The molecular weight excluding hydrogens is 433 g/mol. The van der Waals surface area contributed by atoms with Crippen molar-refractivity contribution in [2.24, 2.45) is 5.92 Å². The Morgan fingerprint density at radius 2 is 1.94 bits per heavy atom. The van der Waals surface area contributed by atoms with Gasteiger partial charge >= 0.3 is 0 Å². The second kappa shape index (κ2) is 10.6. The van der Waals surface area contributed by atoms with Gasteiger partial charge in [-0.3, -0.25) is 9.69 Å². The van der Waals surface area contributed by atoms with E-state index in [-0.39, 0.29) is 24.3 Å². The predicted molar refractivity (Wildman–Crippen MR) is 128 cm³/mol. The molecule has 7 heteroatoms. The first kappa shape index (κ1) is 23.7. The Hall–Kier alpha value is -3.47. The lowest BCUT2D eigenvalue weighted by Gasteiger charge is -2.15. The highest BCUT2D eigenvalue weighted by Crippen LogP contribution is 2.25. The highest BCUT2D eigenvalue weighted by atomic mass is 19.1. The number of aliphatic hydroxyl groups excluding tert-OH is 1. The van der Waals surface area contributed by atoms with E-state index in [1.54, 1.807) is 12.1 Å². The van der Waals surface area contributed by atoms with E-state index in [0.29, 0.717) is 5.56 Å². The van der Waals surface area contributed by atoms with E-state index in [2.05, 4.69) is 45.8 Å². The minimum absolute atomic E-state index is 0.0247. The molecule has 2 aromatic carbocycles. The third-order valence-electron chi connectivity index (χ3n) is 6.22. The van der Waals surface area contributed by atoms with Gasteiger partial charge in [-0.05, 0) is 54.3 Å². The van der Waals surface area contributed by atoms with Gasteiger partial charge in [0.05, 0.1) is 18.6 Å². The number of halogens is 1. The van der Waals surface area contributed by atoms with Crippen LogP contribution in [0, 0.1) is 23.6 Å². The number of likely N-dealkylation sites (tertiary alicyclic amines) is 1. The summed E-state index contributed by atoms with van der Waals surface area (Å²) in [6.45, 7) is 5.15. The zero-order valence-electron chi connectivity index (χ0n) is 19.1. The Labute approximate surface area is 198 Å². The van der Waals surface area contributed by atoms with Crippen LogP contribution in [0.15, 0.2) is 53.6 Å². The predicted octanol–water partition coefficient (Wildman–Crippen LogP) is 3.17. The first-order valence-corrected chi connectivity index (χ1v) is 11.4. The molecule has 4 rings (SSSR count). The van der Waals surface area contributed by atoms with E-state index in [9.17, 15) is 19.4 Å². The quantitative estimate of drug-likeness (QED) is 0.491. The van der Waals surface area contributed by atoms with Crippen LogP contribution in [0.25, 0.3) is 0 Å². The molecule has 1 unspecified atom stereocenters. The number of aromatic hydroxyl groups is 1. The number of hydrogen-bond acceptors (Lipinski definition) is 5. The van der Waals surface area contributed by atoms with Crippen LogP contribution in [0.1, 0.15) is 47.2 Å². The van der Waals surface area contributed by atoms with Crippen LogP contribution in [0.3, 0.4) is 0 Å². The second-order valence-electron chi connectivity index (χ2n) is 8.92. The van der Waals surface area contributed by atoms with E-state index < -0.39 is 23.0 Å². The lowest BCUT2D eigenvalue weighted by atomic mass is 9.93. The molecule has 1 saturated heterocycles. The Morgan fingerprint density at radius 1 is 1.21 bits per heavy atom. The number of nitrogens with one attached hydrogen (secondary N) is 1. The lowest BCUT2D eigenvalue weighted by Crippen LogP contribution is -2.19. The average molecular weight is 462 g/mol. The van der Waals surface area contributed by atoms with Crippen LogP contribution in [0.4, 0.5) is 4.39 Å². The highest BCUT2D eigenvalue weighted by molar-refractivity contribution is 5.45. The van der Waals surface area contributed by atoms with Gasteiger partial charge in [0.25, 0.3) is 5.56 Å². The van der Waals surface area contributed by atoms with E-state index >= 15 is 0 Å². The molecule has 0 aliphatic carbocycles. The zero-order chi connectivity index (χ0) is 24.1. The summed E-state index contributed by atoms with van der Waals surface area (Å²) in [6.07, 6.45) is 2.44. The van der Waals surface area contributed by atoms with Gasteiger partial charge in [-0.2, -0.15) is 0 Å². The van der Waals surface area contributed by atoms with Crippen LogP contribution < -0.4 is 5.56 Å². The number of aromatic nitrogens is 2. The molecule has 1 aliphatic heterocycles. The Bertz CT molecular complexity index is 1260. The molecule has 1 aromatic heterocycles. The standard InChI is InChI=1S/C27H28FN3O3/c1-18-10-11-31(14-18)15-21-6-3-19(4-7-21)2-5-20-8-9-23(24(28)12-20)22(16-32)13-25-26(33)27(34)30-17-29-25/h3-4,6-9,12,17-18,22,32-33H,10-11,13-16H2,1H3,(H,29,30,34)/t18-,22?/m1/s1. The van der Waals surface area contributed by atoms with Gasteiger partial charge in [-0.25, -0.2) is 9.37 Å². The van der Waals surface area contributed by atoms with Crippen molar-refractivity contribution in [3.8, 4) is 17.6 Å². The molecule has 1 aliphatic rings. The molecule has 3 N–H and O–H groups in total. The second-order valence-corrected chi connectivity index (χ2v) is 8.92. The number of nitrogens with zero attached hydrogens (tertiary/aromatic N) is 2. The maximum Gasteiger partial charge on any atom is 0.293 e. The molecule has 0 amide bonds. The average Bonchev–Trinajstić information content (AvgIpc) is 3.24. The molecule has 0 saturated carbocycles. The van der Waals surface area contributed by atoms with Crippen molar-refractivity contribution in [2.45, 2.75) is 32.2 Å². The number of benzene rings is 2. The molecular formula is C27H28FN3O3. The van der Waals surface area contributed by atoms with Crippen LogP contribution in [0.5, 0.6) is 5.75 Å². The first-order valence-electron chi connectivity index (χ1n) is 11.4. The SMILES string of the molecule is C[C@@H]1CCN(Cc2ccc(C#Cc3ccc(C(CO)Cc4nc[nH]c(=O)c4O)c(F)c3)cc2)C1. The molecule has 176 valence electrons. The first-order chi connectivity index (χ1) is 16.4.